The molecule has 0 fully saturated rings. The minimum absolute atomic E-state index is 0.00685. The molecular formula is C9H9Cl2N3O. The van der Waals surface area contributed by atoms with Gasteiger partial charge in [-0.1, -0.05) is 25.4 Å². The molecule has 0 bridgehead atoms. The van der Waals surface area contributed by atoms with Gasteiger partial charge in [0.1, 0.15) is 5.52 Å². The molecule has 0 saturated heterocycles. The van der Waals surface area contributed by atoms with Gasteiger partial charge in [-0.2, -0.15) is 0 Å². The summed E-state index contributed by atoms with van der Waals surface area (Å²) in [6.45, 7) is 4.00. The van der Waals surface area contributed by atoms with Crippen LogP contribution in [0.1, 0.15) is 13.8 Å². The van der Waals surface area contributed by atoms with Crippen LogP contribution in [0.25, 0.3) is 10.9 Å². The SMILES string of the molecule is CC.O=c1[nH]c(Cl)nc2c(Cl)nccc12. The van der Waals surface area contributed by atoms with Crippen LogP contribution in [0, 0.1) is 0 Å². The Morgan fingerprint density at radius 1 is 1.33 bits per heavy atom. The van der Waals surface area contributed by atoms with Gasteiger partial charge in [-0.15, -0.1) is 0 Å². The highest BCUT2D eigenvalue weighted by molar-refractivity contribution is 6.34. The standard InChI is InChI=1S/C7H3Cl2N3O.C2H6/c8-5-4-3(1-2-10-5)6(13)12-7(9)11-4;1-2/h1-2H,(H,11,12,13);1-2H3. The molecule has 2 rings (SSSR count). The fourth-order valence-electron chi connectivity index (χ4n) is 1.01. The lowest BCUT2D eigenvalue weighted by Gasteiger charge is -1.97. The zero-order valence-corrected chi connectivity index (χ0v) is 9.73. The van der Waals surface area contributed by atoms with Crippen molar-refractivity contribution in [3.8, 4) is 0 Å². The van der Waals surface area contributed by atoms with E-state index in [9.17, 15) is 4.79 Å². The summed E-state index contributed by atoms with van der Waals surface area (Å²) in [5.74, 6) is 0. The first kappa shape index (κ1) is 11.9. The van der Waals surface area contributed by atoms with Gasteiger partial charge in [0.05, 0.1) is 5.39 Å². The van der Waals surface area contributed by atoms with Crippen LogP contribution in [0.15, 0.2) is 17.1 Å². The van der Waals surface area contributed by atoms with E-state index in [2.05, 4.69) is 15.0 Å². The second-order valence-corrected chi connectivity index (χ2v) is 3.07. The van der Waals surface area contributed by atoms with E-state index < -0.39 is 0 Å². The number of aromatic nitrogens is 3. The first-order valence-corrected chi connectivity index (χ1v) is 5.14. The average Bonchev–Trinajstić information content (AvgIpc) is 2.23. The fraction of sp³-hybridized carbons (Fsp3) is 0.222. The molecule has 0 radical (unpaired) electrons. The molecule has 1 N–H and O–H groups in total. The van der Waals surface area contributed by atoms with E-state index in [0.29, 0.717) is 10.9 Å². The first-order valence-electron chi connectivity index (χ1n) is 4.38. The summed E-state index contributed by atoms with van der Waals surface area (Å²) in [5.41, 5.74) is -0.00258. The number of nitrogens with zero attached hydrogens (tertiary/aromatic N) is 2. The van der Waals surface area contributed by atoms with Crippen LogP contribution in [-0.4, -0.2) is 15.0 Å². The topological polar surface area (TPSA) is 58.6 Å². The fourth-order valence-corrected chi connectivity index (χ4v) is 1.38. The van der Waals surface area contributed by atoms with Crippen molar-refractivity contribution in [2.45, 2.75) is 13.8 Å². The van der Waals surface area contributed by atoms with Crippen molar-refractivity contribution in [2.75, 3.05) is 0 Å². The third-order valence-corrected chi connectivity index (χ3v) is 2.01. The van der Waals surface area contributed by atoms with Crippen LogP contribution in [-0.2, 0) is 0 Å². The van der Waals surface area contributed by atoms with E-state index in [1.54, 1.807) is 0 Å². The van der Waals surface area contributed by atoms with E-state index in [1.165, 1.54) is 12.3 Å². The number of aromatic amines is 1. The van der Waals surface area contributed by atoms with Crippen molar-refractivity contribution >= 4 is 34.1 Å². The van der Waals surface area contributed by atoms with Gasteiger partial charge < -0.3 is 0 Å². The highest BCUT2D eigenvalue weighted by atomic mass is 35.5. The molecule has 0 spiro atoms. The van der Waals surface area contributed by atoms with Crippen LogP contribution in [0.4, 0.5) is 0 Å². The third-order valence-electron chi connectivity index (χ3n) is 1.55. The normalized spacial score (nSPS) is 9.60. The zero-order valence-electron chi connectivity index (χ0n) is 8.21. The Labute approximate surface area is 96.3 Å². The largest absolute Gasteiger partial charge is 0.297 e. The predicted molar refractivity (Wildman–Crippen MR) is 61.5 cm³/mol. The monoisotopic (exact) mass is 245 g/mol. The van der Waals surface area contributed by atoms with Crippen LogP contribution < -0.4 is 5.56 Å². The maximum Gasteiger partial charge on any atom is 0.259 e. The zero-order chi connectivity index (χ0) is 11.4. The van der Waals surface area contributed by atoms with Crippen LogP contribution in [0.3, 0.4) is 0 Å². The molecule has 0 aromatic carbocycles. The molecule has 0 aliphatic heterocycles. The van der Waals surface area contributed by atoms with E-state index in [4.69, 9.17) is 23.2 Å². The van der Waals surface area contributed by atoms with Crippen molar-refractivity contribution in [1.82, 2.24) is 15.0 Å². The Hall–Kier alpha value is -1.13. The number of rotatable bonds is 0. The summed E-state index contributed by atoms with van der Waals surface area (Å²) >= 11 is 11.3. The molecule has 0 amide bonds. The molecule has 2 heterocycles. The number of hydrogen-bond donors (Lipinski definition) is 1. The van der Waals surface area contributed by atoms with Crippen molar-refractivity contribution < 1.29 is 0 Å². The summed E-state index contributed by atoms with van der Waals surface area (Å²) in [4.78, 5) is 21.3. The van der Waals surface area contributed by atoms with E-state index in [-0.39, 0.29) is 16.0 Å². The highest BCUT2D eigenvalue weighted by Gasteiger charge is 2.05. The molecule has 6 heteroatoms. The number of fused-ring (bicyclic) bond motifs is 1. The molecule has 0 unspecified atom stereocenters. The number of halogens is 2. The Bertz CT molecular complexity index is 524. The summed E-state index contributed by atoms with van der Waals surface area (Å²) < 4.78 is 0. The second-order valence-electron chi connectivity index (χ2n) is 2.35. The van der Waals surface area contributed by atoms with Gasteiger partial charge in [0.25, 0.3) is 5.56 Å². The second kappa shape index (κ2) is 5.09. The van der Waals surface area contributed by atoms with Crippen molar-refractivity contribution in [3.05, 3.63) is 33.1 Å². The maximum absolute atomic E-state index is 11.3. The molecule has 0 atom stereocenters. The molecule has 80 valence electrons. The van der Waals surface area contributed by atoms with E-state index in [1.807, 2.05) is 13.8 Å². The van der Waals surface area contributed by atoms with Gasteiger partial charge in [0.2, 0.25) is 5.28 Å². The lowest BCUT2D eigenvalue weighted by molar-refractivity contribution is 1.16. The van der Waals surface area contributed by atoms with Gasteiger partial charge in [-0.05, 0) is 17.7 Å². The number of H-pyrrole nitrogens is 1. The lowest BCUT2D eigenvalue weighted by Crippen LogP contribution is -2.08. The minimum atomic E-state index is -0.320. The van der Waals surface area contributed by atoms with Crippen LogP contribution >= 0.6 is 23.2 Å². The number of nitrogens with one attached hydrogen (secondary N) is 1. The first-order chi connectivity index (χ1) is 7.18. The van der Waals surface area contributed by atoms with Gasteiger partial charge in [-0.25, -0.2) is 9.97 Å². The van der Waals surface area contributed by atoms with Crippen LogP contribution in [0.5, 0.6) is 0 Å². The molecule has 0 aliphatic carbocycles. The molecule has 2 aromatic rings. The van der Waals surface area contributed by atoms with Crippen molar-refractivity contribution in [2.24, 2.45) is 0 Å². The number of hydrogen-bond acceptors (Lipinski definition) is 3. The molecule has 2 aromatic heterocycles. The van der Waals surface area contributed by atoms with E-state index in [0.717, 1.165) is 0 Å². The van der Waals surface area contributed by atoms with Crippen molar-refractivity contribution in [3.63, 3.8) is 0 Å². The maximum atomic E-state index is 11.3. The molecular weight excluding hydrogens is 237 g/mol. The van der Waals surface area contributed by atoms with E-state index >= 15 is 0 Å². The molecule has 15 heavy (non-hydrogen) atoms. The van der Waals surface area contributed by atoms with Gasteiger partial charge in [-0.3, -0.25) is 9.78 Å². The Morgan fingerprint density at radius 3 is 2.67 bits per heavy atom. The lowest BCUT2D eigenvalue weighted by atomic mass is 10.3. The van der Waals surface area contributed by atoms with Gasteiger partial charge >= 0.3 is 0 Å². The molecule has 4 nitrogen and oxygen atoms in total. The van der Waals surface area contributed by atoms with Crippen LogP contribution in [0.2, 0.25) is 10.4 Å². The average molecular weight is 246 g/mol. The Balaban J connectivity index is 0.000000531. The van der Waals surface area contributed by atoms with Crippen molar-refractivity contribution in [1.29, 1.82) is 0 Å². The smallest absolute Gasteiger partial charge is 0.259 e. The predicted octanol–water partition coefficient (Wildman–Crippen LogP) is 2.65. The number of pyridine rings is 1. The summed E-state index contributed by atoms with van der Waals surface area (Å²) in [6, 6.07) is 1.53. The Kier molecular flexibility index (Phi) is 4.05. The Morgan fingerprint density at radius 2 is 2.00 bits per heavy atom. The summed E-state index contributed by atoms with van der Waals surface area (Å²) in [5, 5.41) is 0.558. The summed E-state index contributed by atoms with van der Waals surface area (Å²) in [6.07, 6.45) is 1.44. The highest BCUT2D eigenvalue weighted by Crippen LogP contribution is 2.16. The summed E-state index contributed by atoms with van der Waals surface area (Å²) in [7, 11) is 0. The molecule has 0 aliphatic rings. The van der Waals surface area contributed by atoms with Gasteiger partial charge in [0, 0.05) is 6.20 Å². The third kappa shape index (κ3) is 2.46. The molecule has 0 saturated carbocycles. The minimum Gasteiger partial charge on any atom is -0.297 e. The van der Waals surface area contributed by atoms with Gasteiger partial charge in [0.15, 0.2) is 5.15 Å². The quantitative estimate of drug-likeness (QED) is 0.574.